The molecule has 124 valence electrons. The molecular formula is C20H22N2O2. The maximum atomic E-state index is 12.9. The van der Waals surface area contributed by atoms with Crippen LogP contribution in [-0.2, 0) is 9.59 Å². The second-order valence-corrected chi connectivity index (χ2v) is 6.55. The van der Waals surface area contributed by atoms with Gasteiger partial charge in [0.25, 0.3) is 0 Å². The van der Waals surface area contributed by atoms with E-state index in [1.807, 2.05) is 62.4 Å². The summed E-state index contributed by atoms with van der Waals surface area (Å²) < 4.78 is 0. The van der Waals surface area contributed by atoms with Crippen molar-refractivity contribution in [3.63, 3.8) is 0 Å². The van der Waals surface area contributed by atoms with E-state index in [1.165, 1.54) is 0 Å². The van der Waals surface area contributed by atoms with Crippen molar-refractivity contribution in [3.8, 4) is 0 Å². The third kappa shape index (κ3) is 2.92. The first-order valence-electron chi connectivity index (χ1n) is 8.16. The summed E-state index contributed by atoms with van der Waals surface area (Å²) >= 11 is 0. The number of amides is 2. The van der Waals surface area contributed by atoms with Gasteiger partial charge in [0, 0.05) is 18.4 Å². The lowest BCUT2D eigenvalue weighted by molar-refractivity contribution is -0.132. The summed E-state index contributed by atoms with van der Waals surface area (Å²) in [5, 5.41) is 2.95. The predicted octanol–water partition coefficient (Wildman–Crippen LogP) is 3.69. The van der Waals surface area contributed by atoms with E-state index >= 15 is 0 Å². The number of nitrogens with zero attached hydrogens (tertiary/aromatic N) is 1. The van der Waals surface area contributed by atoms with Crippen LogP contribution in [0, 0.1) is 19.3 Å². The standard InChI is InChI=1S/C20H22N2O2/c1-14-9-10-15(2)17(13-14)21-18(23)20(11-12-20)19(24)22(3)16-7-5-4-6-8-16/h4-10,13H,11-12H2,1-3H3,(H,21,23). The van der Waals surface area contributed by atoms with E-state index < -0.39 is 5.41 Å². The van der Waals surface area contributed by atoms with E-state index in [9.17, 15) is 9.59 Å². The monoisotopic (exact) mass is 322 g/mol. The van der Waals surface area contributed by atoms with Gasteiger partial charge in [-0.3, -0.25) is 9.59 Å². The van der Waals surface area contributed by atoms with Gasteiger partial charge in [0.1, 0.15) is 5.41 Å². The molecule has 1 fully saturated rings. The van der Waals surface area contributed by atoms with Crippen LogP contribution in [0.15, 0.2) is 48.5 Å². The first-order chi connectivity index (χ1) is 11.4. The third-order valence-electron chi connectivity index (χ3n) is 4.68. The number of benzene rings is 2. The Kier molecular flexibility index (Phi) is 4.14. The summed E-state index contributed by atoms with van der Waals surface area (Å²) in [7, 11) is 1.73. The van der Waals surface area contributed by atoms with Gasteiger partial charge in [0.2, 0.25) is 11.8 Å². The maximum Gasteiger partial charge on any atom is 0.242 e. The van der Waals surface area contributed by atoms with Crippen LogP contribution >= 0.6 is 0 Å². The number of aryl methyl sites for hydroxylation is 2. The summed E-state index contributed by atoms with van der Waals surface area (Å²) in [6.07, 6.45) is 1.19. The fraction of sp³-hybridized carbons (Fsp3) is 0.300. The topological polar surface area (TPSA) is 49.4 Å². The number of carbonyl (C=O) groups is 2. The van der Waals surface area contributed by atoms with Crippen molar-refractivity contribution in [1.29, 1.82) is 0 Å². The Morgan fingerprint density at radius 3 is 2.33 bits per heavy atom. The second-order valence-electron chi connectivity index (χ2n) is 6.55. The molecular weight excluding hydrogens is 300 g/mol. The molecule has 0 heterocycles. The Morgan fingerprint density at radius 2 is 1.71 bits per heavy atom. The van der Waals surface area contributed by atoms with E-state index in [4.69, 9.17) is 0 Å². The molecule has 4 heteroatoms. The van der Waals surface area contributed by atoms with Crippen LogP contribution in [-0.4, -0.2) is 18.9 Å². The zero-order valence-electron chi connectivity index (χ0n) is 14.3. The van der Waals surface area contributed by atoms with Crippen molar-refractivity contribution in [1.82, 2.24) is 0 Å². The highest BCUT2D eigenvalue weighted by atomic mass is 16.2. The lowest BCUT2D eigenvalue weighted by Crippen LogP contribution is -2.41. The average molecular weight is 322 g/mol. The van der Waals surface area contributed by atoms with Crippen LogP contribution in [0.4, 0.5) is 11.4 Å². The Morgan fingerprint density at radius 1 is 1.04 bits per heavy atom. The molecule has 0 spiro atoms. The summed E-state index contributed by atoms with van der Waals surface area (Å²) in [4.78, 5) is 27.2. The summed E-state index contributed by atoms with van der Waals surface area (Å²) in [6, 6.07) is 15.3. The molecule has 0 radical (unpaired) electrons. The molecule has 1 saturated carbocycles. The number of rotatable bonds is 4. The Hall–Kier alpha value is -2.62. The van der Waals surface area contributed by atoms with Gasteiger partial charge in [0.15, 0.2) is 0 Å². The maximum absolute atomic E-state index is 12.9. The first kappa shape index (κ1) is 16.2. The molecule has 2 amide bonds. The Balaban J connectivity index is 1.79. The summed E-state index contributed by atoms with van der Waals surface area (Å²) in [6.45, 7) is 3.93. The minimum Gasteiger partial charge on any atom is -0.325 e. The lowest BCUT2D eigenvalue weighted by Gasteiger charge is -2.23. The van der Waals surface area contributed by atoms with Gasteiger partial charge in [-0.15, -0.1) is 0 Å². The molecule has 4 nitrogen and oxygen atoms in total. The summed E-state index contributed by atoms with van der Waals surface area (Å²) in [5.74, 6) is -0.347. The van der Waals surface area contributed by atoms with Gasteiger partial charge in [0.05, 0.1) is 0 Å². The average Bonchev–Trinajstić information content (AvgIpc) is 3.39. The molecule has 2 aromatic carbocycles. The molecule has 0 atom stereocenters. The predicted molar refractivity (Wildman–Crippen MR) is 96.1 cm³/mol. The van der Waals surface area contributed by atoms with E-state index in [0.717, 1.165) is 22.5 Å². The Labute approximate surface area is 142 Å². The molecule has 24 heavy (non-hydrogen) atoms. The van der Waals surface area contributed by atoms with Crippen LogP contribution in [0.3, 0.4) is 0 Å². The summed E-state index contributed by atoms with van der Waals surface area (Å²) in [5.41, 5.74) is 2.72. The highest BCUT2D eigenvalue weighted by molar-refractivity contribution is 6.17. The van der Waals surface area contributed by atoms with E-state index in [0.29, 0.717) is 12.8 Å². The number of nitrogens with one attached hydrogen (secondary N) is 1. The van der Waals surface area contributed by atoms with Crippen molar-refractivity contribution >= 4 is 23.2 Å². The quantitative estimate of drug-likeness (QED) is 0.873. The van der Waals surface area contributed by atoms with Gasteiger partial charge >= 0.3 is 0 Å². The van der Waals surface area contributed by atoms with Crippen molar-refractivity contribution in [2.24, 2.45) is 5.41 Å². The molecule has 1 aliphatic carbocycles. The van der Waals surface area contributed by atoms with E-state index in [2.05, 4.69) is 5.32 Å². The van der Waals surface area contributed by atoms with Crippen LogP contribution < -0.4 is 10.2 Å². The van der Waals surface area contributed by atoms with Crippen LogP contribution in [0.5, 0.6) is 0 Å². The van der Waals surface area contributed by atoms with Gasteiger partial charge in [-0.25, -0.2) is 0 Å². The molecule has 0 aliphatic heterocycles. The first-order valence-corrected chi connectivity index (χ1v) is 8.16. The van der Waals surface area contributed by atoms with Crippen molar-refractivity contribution in [3.05, 3.63) is 59.7 Å². The SMILES string of the molecule is Cc1ccc(C)c(NC(=O)C2(C(=O)N(C)c3ccccc3)CC2)c1. The minimum absolute atomic E-state index is 0.142. The van der Waals surface area contributed by atoms with Gasteiger partial charge < -0.3 is 10.2 Å². The van der Waals surface area contributed by atoms with Crippen molar-refractivity contribution in [2.75, 3.05) is 17.3 Å². The number of para-hydroxylation sites is 1. The third-order valence-corrected chi connectivity index (χ3v) is 4.68. The van der Waals surface area contributed by atoms with Crippen LogP contribution in [0.25, 0.3) is 0 Å². The molecule has 3 rings (SSSR count). The highest BCUT2D eigenvalue weighted by Crippen LogP contribution is 2.48. The number of hydrogen-bond donors (Lipinski definition) is 1. The fourth-order valence-corrected chi connectivity index (χ4v) is 2.87. The van der Waals surface area contributed by atoms with Gasteiger partial charge in [-0.2, -0.15) is 0 Å². The molecule has 1 aliphatic rings. The minimum atomic E-state index is -0.930. The van der Waals surface area contributed by atoms with Crippen LogP contribution in [0.1, 0.15) is 24.0 Å². The normalized spacial score (nSPS) is 14.8. The lowest BCUT2D eigenvalue weighted by atomic mass is 10.0. The molecule has 1 N–H and O–H groups in total. The largest absolute Gasteiger partial charge is 0.325 e. The Bertz CT molecular complexity index is 779. The van der Waals surface area contributed by atoms with Crippen LogP contribution in [0.2, 0.25) is 0 Å². The van der Waals surface area contributed by atoms with Gasteiger partial charge in [-0.1, -0.05) is 30.3 Å². The highest BCUT2D eigenvalue weighted by Gasteiger charge is 2.57. The molecule has 2 aromatic rings. The second kappa shape index (κ2) is 6.11. The number of hydrogen-bond acceptors (Lipinski definition) is 2. The fourth-order valence-electron chi connectivity index (χ4n) is 2.87. The molecule has 0 aromatic heterocycles. The number of carbonyl (C=O) groups excluding carboxylic acids is 2. The molecule has 0 saturated heterocycles. The molecule has 0 bridgehead atoms. The van der Waals surface area contributed by atoms with Crippen molar-refractivity contribution in [2.45, 2.75) is 26.7 Å². The molecule has 0 unspecified atom stereocenters. The van der Waals surface area contributed by atoms with Crippen molar-refractivity contribution < 1.29 is 9.59 Å². The smallest absolute Gasteiger partial charge is 0.242 e. The van der Waals surface area contributed by atoms with Gasteiger partial charge in [-0.05, 0) is 56.0 Å². The zero-order valence-corrected chi connectivity index (χ0v) is 14.3. The zero-order chi connectivity index (χ0) is 17.3. The number of anilines is 2. The van der Waals surface area contributed by atoms with E-state index in [1.54, 1.807) is 11.9 Å². The van der Waals surface area contributed by atoms with E-state index in [-0.39, 0.29) is 11.8 Å².